The summed E-state index contributed by atoms with van der Waals surface area (Å²) in [5, 5.41) is 38.1. The van der Waals surface area contributed by atoms with Crippen molar-refractivity contribution >= 4 is 22.9 Å². The molecular formula is C35H24F3N5O8. The maximum atomic E-state index is 14.5. The highest BCUT2D eigenvalue weighted by Gasteiger charge is 2.55. The third-order valence-corrected chi connectivity index (χ3v) is 9.16. The number of nitrogens with zero attached hydrogens (tertiary/aromatic N) is 5. The first-order valence-electron chi connectivity index (χ1n) is 15.3. The molecule has 4 aromatic heterocycles. The number of carbonyl (C=O) groups is 1. The van der Waals surface area contributed by atoms with E-state index >= 15 is 0 Å². The Labute approximate surface area is 284 Å². The van der Waals surface area contributed by atoms with E-state index in [0.717, 1.165) is 12.1 Å². The second-order valence-electron chi connectivity index (χ2n) is 12.2. The number of furan rings is 1. The first-order chi connectivity index (χ1) is 24.2. The summed E-state index contributed by atoms with van der Waals surface area (Å²) in [6.45, 7) is 4.55. The number of phenolic OH excluding ortho intramolecular Hbond substituents is 2. The second kappa shape index (κ2) is 10.7. The Bertz CT molecular complexity index is 2550. The van der Waals surface area contributed by atoms with Crippen LogP contribution in [0, 0.1) is 13.8 Å². The van der Waals surface area contributed by atoms with Gasteiger partial charge in [-0.15, -0.1) is 13.2 Å². The Morgan fingerprint density at radius 3 is 2.39 bits per heavy atom. The predicted molar refractivity (Wildman–Crippen MR) is 172 cm³/mol. The highest BCUT2D eigenvalue weighted by molar-refractivity contribution is 6.14. The number of aromatic nitrogens is 5. The Morgan fingerprint density at radius 1 is 0.961 bits per heavy atom. The van der Waals surface area contributed by atoms with Gasteiger partial charge in [-0.2, -0.15) is 10.1 Å². The average Bonchev–Trinajstić information content (AvgIpc) is 3.78. The summed E-state index contributed by atoms with van der Waals surface area (Å²) in [4.78, 5) is 35.8. The molecule has 3 N–H and O–H groups in total. The lowest BCUT2D eigenvalue weighted by Crippen LogP contribution is -2.36. The van der Waals surface area contributed by atoms with Crippen LogP contribution in [-0.4, -0.2) is 51.8 Å². The molecule has 2 aliphatic rings. The molecule has 5 heterocycles. The Hall–Kier alpha value is -6.58. The molecule has 6 aromatic rings. The number of aryl methyl sites for hydroxylation is 1. The fourth-order valence-electron chi connectivity index (χ4n) is 6.65. The quantitative estimate of drug-likeness (QED) is 0.198. The predicted octanol–water partition coefficient (Wildman–Crippen LogP) is 5.81. The number of phenols is 2. The molecule has 258 valence electrons. The number of alkyl halides is 3. The summed E-state index contributed by atoms with van der Waals surface area (Å²) in [6, 6.07) is 11.1. The van der Waals surface area contributed by atoms with Gasteiger partial charge in [-0.3, -0.25) is 9.36 Å². The highest BCUT2D eigenvalue weighted by atomic mass is 19.4. The summed E-state index contributed by atoms with van der Waals surface area (Å²) >= 11 is 0. The van der Waals surface area contributed by atoms with Crippen molar-refractivity contribution in [1.29, 1.82) is 0 Å². The van der Waals surface area contributed by atoms with Gasteiger partial charge in [0.25, 0.3) is 0 Å². The molecule has 8 rings (SSSR count). The number of pyridine rings is 1. The molecule has 0 amide bonds. The van der Waals surface area contributed by atoms with E-state index in [1.165, 1.54) is 46.7 Å². The van der Waals surface area contributed by atoms with Crippen molar-refractivity contribution in [3.05, 3.63) is 105 Å². The minimum Gasteiger partial charge on any atom is -0.507 e. The zero-order valence-electron chi connectivity index (χ0n) is 26.7. The minimum atomic E-state index is -4.88. The SMILES string of the molecule is Cc1nn(-c2ccc(OC(F)(F)F)cc2)c2c1C(=O)[C@@]1(C)C(=C2)Oc2c(-c3ccc4c(O)nc(=O)n(Cc5ccco5)c4n3)c(O)c(C)c(O)c21. The summed E-state index contributed by atoms with van der Waals surface area (Å²) in [5.74, 6) is -1.88. The zero-order valence-corrected chi connectivity index (χ0v) is 26.7. The number of ether oxygens (including phenoxy) is 2. The van der Waals surface area contributed by atoms with E-state index in [-0.39, 0.29) is 62.7 Å². The molecule has 0 fully saturated rings. The molecule has 0 saturated heterocycles. The van der Waals surface area contributed by atoms with Crippen LogP contribution in [0.25, 0.3) is 34.1 Å². The lowest BCUT2D eigenvalue weighted by molar-refractivity contribution is -0.274. The molecule has 1 aliphatic heterocycles. The van der Waals surface area contributed by atoms with E-state index in [0.29, 0.717) is 17.1 Å². The molecule has 16 heteroatoms. The number of allylic oxidation sites excluding steroid dienone is 1. The van der Waals surface area contributed by atoms with Gasteiger partial charge in [0, 0.05) is 11.6 Å². The molecule has 0 unspecified atom stereocenters. The van der Waals surface area contributed by atoms with Crippen molar-refractivity contribution in [2.75, 3.05) is 0 Å². The fourth-order valence-corrected chi connectivity index (χ4v) is 6.65. The molecule has 2 aromatic carbocycles. The molecule has 0 spiro atoms. The van der Waals surface area contributed by atoms with Gasteiger partial charge in [0.1, 0.15) is 39.9 Å². The number of aromatic hydroxyl groups is 3. The van der Waals surface area contributed by atoms with E-state index in [1.54, 1.807) is 32.1 Å². The van der Waals surface area contributed by atoms with Crippen LogP contribution >= 0.6 is 0 Å². The lowest BCUT2D eigenvalue weighted by Gasteiger charge is -2.27. The van der Waals surface area contributed by atoms with E-state index in [2.05, 4.69) is 19.8 Å². The van der Waals surface area contributed by atoms with E-state index in [4.69, 9.17) is 9.15 Å². The average molecular weight is 700 g/mol. The van der Waals surface area contributed by atoms with Crippen LogP contribution in [0.3, 0.4) is 0 Å². The van der Waals surface area contributed by atoms with Crippen molar-refractivity contribution < 1.29 is 47.2 Å². The highest BCUT2D eigenvalue weighted by Crippen LogP contribution is 2.60. The number of Topliss-reactive ketones (excluding diaryl/α,β-unsaturated/α-hetero) is 1. The Kier molecular flexibility index (Phi) is 6.65. The van der Waals surface area contributed by atoms with Crippen LogP contribution < -0.4 is 15.2 Å². The molecule has 13 nitrogen and oxygen atoms in total. The van der Waals surface area contributed by atoms with Crippen molar-refractivity contribution in [2.24, 2.45) is 0 Å². The van der Waals surface area contributed by atoms with Crippen molar-refractivity contribution in [2.45, 2.75) is 39.1 Å². The molecule has 0 saturated carbocycles. The Morgan fingerprint density at radius 2 is 1.71 bits per heavy atom. The number of hydrogen-bond acceptors (Lipinski definition) is 11. The van der Waals surface area contributed by atoms with Crippen LogP contribution in [0.4, 0.5) is 13.2 Å². The van der Waals surface area contributed by atoms with E-state index in [1.807, 2.05) is 0 Å². The minimum absolute atomic E-state index is 0.00230. The van der Waals surface area contributed by atoms with Crippen molar-refractivity contribution in [1.82, 2.24) is 24.3 Å². The summed E-state index contributed by atoms with van der Waals surface area (Å²) < 4.78 is 56.5. The normalized spacial score (nSPS) is 16.4. The van der Waals surface area contributed by atoms with Gasteiger partial charge in [-0.05, 0) is 69.3 Å². The smallest absolute Gasteiger partial charge is 0.507 e. The maximum Gasteiger partial charge on any atom is 0.573 e. The summed E-state index contributed by atoms with van der Waals surface area (Å²) in [6.07, 6.45) is -1.90. The summed E-state index contributed by atoms with van der Waals surface area (Å²) in [5.41, 5.74) is -1.15. The largest absolute Gasteiger partial charge is 0.573 e. The molecule has 0 bridgehead atoms. The zero-order chi connectivity index (χ0) is 36.1. The third kappa shape index (κ3) is 4.66. The maximum absolute atomic E-state index is 14.5. The van der Waals surface area contributed by atoms with Crippen LogP contribution in [-0.2, 0) is 12.0 Å². The standard InChI is InChI=1S/C35H24F3N5O8/c1-15-27(44)25(21-11-10-20-31(39-21)42(33(48)40-32(20)47)14-19-5-4-12-49-19)29-26(28(15)45)34(3)23(50-29)13-22-24(30(34)46)16(2)41-43(22)17-6-8-18(9-7-17)51-35(36,37)38/h4-13,44-45H,14H2,1-3H3,(H,40,47,48)/t34-/m0/s1. The van der Waals surface area contributed by atoms with Crippen LogP contribution in [0.1, 0.15) is 45.6 Å². The van der Waals surface area contributed by atoms with Crippen molar-refractivity contribution in [3.8, 4) is 45.8 Å². The first kappa shape index (κ1) is 31.7. The number of rotatable bonds is 5. The van der Waals surface area contributed by atoms with E-state index in [9.17, 15) is 38.1 Å². The number of benzene rings is 2. The third-order valence-electron chi connectivity index (χ3n) is 9.16. The lowest BCUT2D eigenvalue weighted by atomic mass is 9.71. The first-order valence-corrected chi connectivity index (χ1v) is 15.3. The van der Waals surface area contributed by atoms with Gasteiger partial charge in [0.05, 0.1) is 57.7 Å². The molecule has 1 atom stereocenters. The second-order valence-corrected chi connectivity index (χ2v) is 12.2. The number of ketones is 1. The monoisotopic (exact) mass is 699 g/mol. The molecular weight excluding hydrogens is 675 g/mol. The van der Waals surface area contributed by atoms with Gasteiger partial charge in [-0.25, -0.2) is 14.5 Å². The van der Waals surface area contributed by atoms with E-state index < -0.39 is 46.4 Å². The van der Waals surface area contributed by atoms with Crippen LogP contribution in [0.15, 0.2) is 69.8 Å². The number of fused-ring (bicyclic) bond motifs is 5. The van der Waals surface area contributed by atoms with Gasteiger partial charge in [0.15, 0.2) is 11.4 Å². The van der Waals surface area contributed by atoms with Crippen LogP contribution in [0.2, 0.25) is 0 Å². The molecule has 1 aliphatic carbocycles. The molecule has 0 radical (unpaired) electrons. The van der Waals surface area contributed by atoms with Crippen molar-refractivity contribution in [3.63, 3.8) is 0 Å². The number of halogens is 3. The van der Waals surface area contributed by atoms with Gasteiger partial charge in [-0.1, -0.05) is 0 Å². The van der Waals surface area contributed by atoms with Crippen LogP contribution in [0.5, 0.6) is 28.9 Å². The van der Waals surface area contributed by atoms with Gasteiger partial charge < -0.3 is 29.2 Å². The fraction of sp³-hybridized carbons (Fsp3) is 0.171. The topological polar surface area (TPSA) is 175 Å². The molecule has 51 heavy (non-hydrogen) atoms. The number of hydrogen-bond donors (Lipinski definition) is 3. The Balaban J connectivity index is 1.29. The summed E-state index contributed by atoms with van der Waals surface area (Å²) in [7, 11) is 0. The van der Waals surface area contributed by atoms with Gasteiger partial charge in [0.2, 0.25) is 5.88 Å². The number of carbonyl (C=O) groups excluding carboxylic acids is 1. The van der Waals surface area contributed by atoms with Gasteiger partial charge >= 0.3 is 12.1 Å².